The molecule has 11 heteroatoms. The maximum atomic E-state index is 10.7. The Labute approximate surface area is 139 Å². The van der Waals surface area contributed by atoms with Crippen LogP contribution in [-0.2, 0) is 15.8 Å². The molecule has 0 unspecified atom stereocenters. The molecule has 0 saturated carbocycles. The molecule has 0 radical (unpaired) electrons. The Morgan fingerprint density at radius 2 is 2.12 bits per heavy atom. The second-order valence-corrected chi connectivity index (χ2v) is 6.90. The molecule has 0 aliphatic heterocycles. The quantitative estimate of drug-likeness (QED) is 0.273. The number of nitrogen functional groups attached to an aromatic ring is 1. The minimum absolute atomic E-state index is 0.0949. The van der Waals surface area contributed by atoms with Gasteiger partial charge in [0.25, 0.3) is 5.88 Å². The van der Waals surface area contributed by atoms with Gasteiger partial charge in [0.05, 0.1) is 19.8 Å². The van der Waals surface area contributed by atoms with Crippen LogP contribution in [0.15, 0.2) is 6.33 Å². The summed E-state index contributed by atoms with van der Waals surface area (Å²) in [5, 5.41) is 0. The van der Waals surface area contributed by atoms with Crippen LogP contribution in [-0.4, -0.2) is 44.3 Å². The maximum Gasteiger partial charge on any atom is 0.350 e. The lowest BCUT2D eigenvalue weighted by Gasteiger charge is -2.05. The second-order valence-electron chi connectivity index (χ2n) is 5.31. The van der Waals surface area contributed by atoms with Crippen molar-refractivity contribution in [3.63, 3.8) is 0 Å². The van der Waals surface area contributed by atoms with E-state index in [1.807, 2.05) is 0 Å². The number of nitrogens with two attached hydrogens (primary N) is 1. The number of ether oxygens (including phenoxy) is 2. The minimum Gasteiger partial charge on any atom is -0.475 e. The van der Waals surface area contributed by atoms with Crippen LogP contribution in [0.1, 0.15) is 26.2 Å². The topological polar surface area (TPSA) is 147 Å². The number of imidazole rings is 1. The van der Waals surface area contributed by atoms with Crippen LogP contribution in [0.3, 0.4) is 0 Å². The highest BCUT2D eigenvalue weighted by Gasteiger charge is 2.20. The molecule has 2 aromatic heterocycles. The van der Waals surface area contributed by atoms with Crippen LogP contribution in [0, 0.1) is 0 Å². The number of aromatic nitrogens is 4. The van der Waals surface area contributed by atoms with E-state index in [9.17, 15) is 4.57 Å². The summed E-state index contributed by atoms with van der Waals surface area (Å²) in [7, 11) is -4.16. The Hall–Kier alpha value is -1.74. The van der Waals surface area contributed by atoms with E-state index in [-0.39, 0.29) is 12.6 Å². The molecule has 0 saturated heterocycles. The lowest BCUT2D eigenvalue weighted by molar-refractivity contribution is -0.674. The molecule has 2 heterocycles. The Balaban J connectivity index is 2.04. The van der Waals surface area contributed by atoms with Gasteiger partial charge in [0, 0.05) is 0 Å². The van der Waals surface area contributed by atoms with Gasteiger partial charge in [-0.1, -0.05) is 24.7 Å². The zero-order valence-electron chi connectivity index (χ0n) is 13.5. The van der Waals surface area contributed by atoms with Gasteiger partial charge in [-0.25, -0.2) is 4.57 Å². The monoisotopic (exact) mass is 360 g/mol. The van der Waals surface area contributed by atoms with Crippen LogP contribution < -0.4 is 15.0 Å². The molecule has 0 bridgehead atoms. The summed E-state index contributed by atoms with van der Waals surface area (Å²) in [4.78, 5) is 28.8. The molecule has 0 aromatic carbocycles. The highest BCUT2D eigenvalue weighted by atomic mass is 31.2. The van der Waals surface area contributed by atoms with E-state index >= 15 is 0 Å². The molecule has 134 valence electrons. The predicted molar refractivity (Wildman–Crippen MR) is 86.4 cm³/mol. The molecule has 5 N–H and O–H groups in total. The van der Waals surface area contributed by atoms with Gasteiger partial charge in [0.1, 0.15) is 6.35 Å². The largest absolute Gasteiger partial charge is 0.475 e. The smallest absolute Gasteiger partial charge is 0.350 e. The standard InChI is InChI=1S/C13H22N5O5P/c1-2-3-4-6-23-12-10-11(16-13(14)17-12)18(8-15-10)5-7-22-9-24(19,20)21/h8H,2-7,9H2,1H3,(H4,14,16,17,19,20,21)/p+1. The first kappa shape index (κ1) is 18.6. The molecule has 0 aliphatic rings. The molecule has 0 amide bonds. The van der Waals surface area contributed by atoms with E-state index in [0.29, 0.717) is 30.2 Å². The number of aromatic amines is 1. The first-order valence-electron chi connectivity index (χ1n) is 7.70. The van der Waals surface area contributed by atoms with Crippen molar-refractivity contribution in [1.29, 1.82) is 0 Å². The molecule has 24 heavy (non-hydrogen) atoms. The van der Waals surface area contributed by atoms with Gasteiger partial charge < -0.3 is 25.0 Å². The average Bonchev–Trinajstić information content (AvgIpc) is 2.90. The molecule has 2 rings (SSSR count). The number of hydrogen-bond donors (Lipinski definition) is 4. The van der Waals surface area contributed by atoms with Crippen LogP contribution in [0.5, 0.6) is 5.88 Å². The summed E-state index contributed by atoms with van der Waals surface area (Å²) in [6, 6.07) is 0. The van der Waals surface area contributed by atoms with Crippen molar-refractivity contribution in [3.8, 4) is 5.88 Å². The lowest BCUT2D eigenvalue weighted by Crippen LogP contribution is -2.35. The van der Waals surface area contributed by atoms with Gasteiger partial charge >= 0.3 is 19.2 Å². The number of anilines is 1. The molecule has 2 aromatic rings. The first-order valence-corrected chi connectivity index (χ1v) is 9.49. The van der Waals surface area contributed by atoms with Crippen molar-refractivity contribution >= 4 is 24.7 Å². The summed E-state index contributed by atoms with van der Waals surface area (Å²) in [6.07, 6.45) is 4.16. The fourth-order valence-electron chi connectivity index (χ4n) is 2.12. The van der Waals surface area contributed by atoms with Crippen LogP contribution in [0.2, 0.25) is 0 Å². The normalized spacial score (nSPS) is 12.0. The Bertz CT molecular complexity index is 716. The molecular formula is C13H23N5O5P+. The van der Waals surface area contributed by atoms with Crippen LogP contribution >= 0.6 is 7.60 Å². The van der Waals surface area contributed by atoms with Crippen molar-refractivity contribution < 1.29 is 28.4 Å². The third-order valence-electron chi connectivity index (χ3n) is 3.23. The fraction of sp³-hybridized carbons (Fsp3) is 0.615. The van der Waals surface area contributed by atoms with E-state index in [1.165, 1.54) is 0 Å². The highest BCUT2D eigenvalue weighted by Crippen LogP contribution is 2.33. The third-order valence-corrected chi connectivity index (χ3v) is 3.75. The van der Waals surface area contributed by atoms with E-state index in [4.69, 9.17) is 25.0 Å². The predicted octanol–water partition coefficient (Wildman–Crippen LogP) is 0.548. The number of nitrogens with one attached hydrogen (secondary N) is 1. The van der Waals surface area contributed by atoms with Crippen molar-refractivity contribution in [2.24, 2.45) is 0 Å². The number of rotatable bonds is 10. The molecular weight excluding hydrogens is 337 g/mol. The first-order chi connectivity index (χ1) is 11.4. The van der Waals surface area contributed by atoms with E-state index in [0.717, 1.165) is 19.3 Å². The Morgan fingerprint density at radius 3 is 2.83 bits per heavy atom. The molecule has 10 nitrogen and oxygen atoms in total. The van der Waals surface area contributed by atoms with Gasteiger partial charge in [-0.2, -0.15) is 4.98 Å². The molecule has 0 fully saturated rings. The molecule has 0 aliphatic carbocycles. The van der Waals surface area contributed by atoms with E-state index < -0.39 is 13.9 Å². The SMILES string of the molecule is CCCCCOc1nc(N)nc2c1[nH]c[n+]2CCOCP(=O)(O)O. The van der Waals surface area contributed by atoms with Crippen LogP contribution in [0.4, 0.5) is 5.95 Å². The number of nitrogens with zero attached hydrogens (tertiary/aromatic N) is 3. The minimum atomic E-state index is -4.16. The third kappa shape index (κ3) is 5.41. The second kappa shape index (κ2) is 8.39. The van der Waals surface area contributed by atoms with E-state index in [1.54, 1.807) is 10.9 Å². The highest BCUT2D eigenvalue weighted by molar-refractivity contribution is 7.51. The molecule has 0 spiro atoms. The summed E-state index contributed by atoms with van der Waals surface area (Å²) in [6.45, 7) is 3.14. The van der Waals surface area contributed by atoms with Gasteiger partial charge in [0.2, 0.25) is 5.52 Å². The Kier molecular flexibility index (Phi) is 6.50. The average molecular weight is 360 g/mol. The van der Waals surface area contributed by atoms with Gasteiger partial charge in [-0.15, -0.1) is 0 Å². The van der Waals surface area contributed by atoms with Gasteiger partial charge in [-0.3, -0.25) is 9.55 Å². The van der Waals surface area contributed by atoms with Crippen molar-refractivity contribution in [3.05, 3.63) is 6.33 Å². The number of H-pyrrole nitrogens is 1. The van der Waals surface area contributed by atoms with E-state index in [2.05, 4.69) is 21.9 Å². The number of fused-ring (bicyclic) bond motifs is 1. The van der Waals surface area contributed by atoms with Gasteiger partial charge in [0.15, 0.2) is 6.33 Å². The summed E-state index contributed by atoms with van der Waals surface area (Å²) < 4.78 is 23.1. The zero-order valence-corrected chi connectivity index (χ0v) is 14.4. The van der Waals surface area contributed by atoms with Crippen molar-refractivity contribution in [2.75, 3.05) is 25.3 Å². The summed E-state index contributed by atoms with van der Waals surface area (Å²) in [5.74, 6) is 0.487. The number of unbranched alkanes of at least 4 members (excludes halogenated alkanes) is 2. The number of hydrogen-bond acceptors (Lipinski definition) is 6. The van der Waals surface area contributed by atoms with Crippen molar-refractivity contribution in [2.45, 2.75) is 32.7 Å². The summed E-state index contributed by atoms with van der Waals surface area (Å²) in [5.41, 5.74) is 6.90. The molecule has 0 atom stereocenters. The lowest BCUT2D eigenvalue weighted by atomic mass is 10.3. The Morgan fingerprint density at radius 1 is 1.33 bits per heavy atom. The fourth-order valence-corrected chi connectivity index (χ4v) is 2.49. The van der Waals surface area contributed by atoms with Crippen molar-refractivity contribution in [1.82, 2.24) is 15.0 Å². The maximum absolute atomic E-state index is 10.7. The summed E-state index contributed by atoms with van der Waals surface area (Å²) >= 11 is 0. The zero-order chi connectivity index (χ0) is 17.6. The van der Waals surface area contributed by atoms with Gasteiger partial charge in [-0.05, 0) is 6.42 Å². The van der Waals surface area contributed by atoms with Crippen LogP contribution in [0.25, 0.3) is 11.2 Å².